The first kappa shape index (κ1) is 21.3. The number of likely N-dealkylation sites (N-methyl/N-ethyl adjacent to an activating group) is 1. The van der Waals surface area contributed by atoms with Gasteiger partial charge in [-0.1, -0.05) is 6.07 Å². The van der Waals surface area contributed by atoms with Crippen LogP contribution < -0.4 is 9.47 Å². The number of ketones is 1. The molecular formula is C23H27NO9. The Hall–Kier alpha value is -2.24. The van der Waals surface area contributed by atoms with Gasteiger partial charge in [-0.05, 0) is 50.4 Å². The van der Waals surface area contributed by atoms with Crippen molar-refractivity contribution in [3.05, 3.63) is 23.3 Å². The summed E-state index contributed by atoms with van der Waals surface area (Å²) >= 11 is 0. The third kappa shape index (κ3) is 2.72. The van der Waals surface area contributed by atoms with Gasteiger partial charge < -0.3 is 39.5 Å². The zero-order valence-electron chi connectivity index (χ0n) is 18.1. The molecule has 10 nitrogen and oxygen atoms in total. The maximum absolute atomic E-state index is 13.0. The highest BCUT2D eigenvalue weighted by atomic mass is 16.7. The number of benzene rings is 1. The van der Waals surface area contributed by atoms with Crippen molar-refractivity contribution in [2.75, 3.05) is 13.6 Å². The third-order valence-corrected chi connectivity index (χ3v) is 8.43. The number of Topliss-reactive ketones (excluding diaryl/α,β-unsaturated/α-hetero) is 1. The van der Waals surface area contributed by atoms with E-state index in [9.17, 15) is 30.0 Å². The van der Waals surface area contributed by atoms with Crippen LogP contribution in [0.1, 0.15) is 30.4 Å². The SMILES string of the molecule is CN1CCC23c4c5ccc(OC6O[C@H](C(=O)O)[C@@H](O)[C@H](O)[C@H]6O)c4O[C@H]2C(=O)CC[C@H]3C1C5. The zero-order chi connectivity index (χ0) is 23.2. The minimum Gasteiger partial charge on any atom is -0.479 e. The van der Waals surface area contributed by atoms with Crippen LogP contribution in [-0.2, 0) is 26.2 Å². The Morgan fingerprint density at radius 2 is 2.00 bits per heavy atom. The summed E-state index contributed by atoms with van der Waals surface area (Å²) in [5.41, 5.74) is 1.67. The molecule has 2 bridgehead atoms. The van der Waals surface area contributed by atoms with Gasteiger partial charge in [0.1, 0.15) is 18.3 Å². The molecule has 10 heteroatoms. The maximum atomic E-state index is 13.0. The molecule has 2 aliphatic carbocycles. The van der Waals surface area contributed by atoms with Crippen molar-refractivity contribution in [2.24, 2.45) is 5.92 Å². The first-order chi connectivity index (χ1) is 15.7. The fraction of sp³-hybridized carbons (Fsp3) is 0.652. The predicted molar refractivity (Wildman–Crippen MR) is 110 cm³/mol. The Labute approximate surface area is 189 Å². The minimum atomic E-state index is -1.80. The summed E-state index contributed by atoms with van der Waals surface area (Å²) in [7, 11) is 2.13. The number of rotatable bonds is 3. The number of piperidine rings is 1. The average Bonchev–Trinajstić information content (AvgIpc) is 3.14. The standard InChI is InChI=1S/C23H27NO9/c1-24-7-6-23-10-3-4-12(25)20(23)32-18-13(5-2-9(14(18)23)8-11(10)24)31-22-17(28)15(26)16(27)19(33-22)21(29)30/h2,5,10-11,15-17,19-20,22,26-28H,3-4,6-8H2,1H3,(H,29,30)/t10-,11?,15-,16-,17+,19-,20-,22?,23?/m0/s1. The van der Waals surface area contributed by atoms with Crippen molar-refractivity contribution in [2.45, 2.75) is 73.9 Å². The molecule has 1 saturated carbocycles. The number of aliphatic hydroxyl groups excluding tert-OH is 3. The quantitative estimate of drug-likeness (QED) is 0.451. The lowest BCUT2D eigenvalue weighted by Crippen LogP contribution is -2.65. The highest BCUT2D eigenvalue weighted by Gasteiger charge is 2.65. The van der Waals surface area contributed by atoms with E-state index in [1.165, 1.54) is 0 Å². The Morgan fingerprint density at radius 1 is 1.21 bits per heavy atom. The lowest BCUT2D eigenvalue weighted by molar-refractivity contribution is -0.271. The first-order valence-corrected chi connectivity index (χ1v) is 11.4. The second-order valence-corrected chi connectivity index (χ2v) is 9.93. The fourth-order valence-electron chi connectivity index (χ4n) is 6.88. The van der Waals surface area contributed by atoms with Crippen LogP contribution in [0, 0.1) is 5.92 Å². The van der Waals surface area contributed by atoms with Crippen LogP contribution in [0.4, 0.5) is 0 Å². The second-order valence-electron chi connectivity index (χ2n) is 9.93. The summed E-state index contributed by atoms with van der Waals surface area (Å²) in [5.74, 6) is -0.470. The van der Waals surface area contributed by atoms with Gasteiger partial charge in [0.15, 0.2) is 29.5 Å². The Bertz CT molecular complexity index is 1030. The van der Waals surface area contributed by atoms with E-state index in [1.54, 1.807) is 6.07 Å². The number of hydrogen-bond donors (Lipinski definition) is 4. The Kier molecular flexibility index (Phi) is 4.60. The number of carbonyl (C=O) groups is 2. The van der Waals surface area contributed by atoms with Gasteiger partial charge in [-0.2, -0.15) is 0 Å². The van der Waals surface area contributed by atoms with Crippen molar-refractivity contribution in [3.63, 3.8) is 0 Å². The summed E-state index contributed by atoms with van der Waals surface area (Å²) in [5, 5.41) is 39.8. The maximum Gasteiger partial charge on any atom is 0.335 e. The molecule has 3 unspecified atom stereocenters. The van der Waals surface area contributed by atoms with E-state index in [0.717, 1.165) is 36.9 Å². The Balaban J connectivity index is 1.41. The van der Waals surface area contributed by atoms with E-state index in [4.69, 9.17) is 14.2 Å². The van der Waals surface area contributed by atoms with Crippen LogP contribution in [0.2, 0.25) is 0 Å². The van der Waals surface area contributed by atoms with Crippen LogP contribution in [0.3, 0.4) is 0 Å². The van der Waals surface area contributed by atoms with Crippen LogP contribution in [0.15, 0.2) is 12.1 Å². The Morgan fingerprint density at radius 3 is 2.76 bits per heavy atom. The molecule has 3 aliphatic heterocycles. The molecule has 1 spiro atoms. The number of hydrogen-bond acceptors (Lipinski definition) is 9. The summed E-state index contributed by atoms with van der Waals surface area (Å²) in [6.07, 6.45) is -6.23. The zero-order valence-corrected chi connectivity index (χ0v) is 18.1. The molecule has 3 fully saturated rings. The number of likely N-dealkylation sites (tertiary alicyclic amines) is 1. The molecule has 4 N–H and O–H groups in total. The number of carbonyl (C=O) groups excluding carboxylic acids is 1. The van der Waals surface area contributed by atoms with Crippen molar-refractivity contribution >= 4 is 11.8 Å². The normalized spacial score (nSPS) is 43.6. The average molecular weight is 461 g/mol. The van der Waals surface area contributed by atoms with Crippen LogP contribution in [-0.4, -0.2) is 93.5 Å². The lowest BCUT2D eigenvalue weighted by Gasteiger charge is -2.57. The molecule has 178 valence electrons. The lowest BCUT2D eigenvalue weighted by atomic mass is 9.52. The van der Waals surface area contributed by atoms with Crippen molar-refractivity contribution in [1.29, 1.82) is 0 Å². The molecule has 33 heavy (non-hydrogen) atoms. The first-order valence-electron chi connectivity index (χ1n) is 11.4. The van der Waals surface area contributed by atoms with E-state index in [1.807, 2.05) is 6.07 Å². The molecular weight excluding hydrogens is 434 g/mol. The largest absolute Gasteiger partial charge is 0.479 e. The molecule has 3 heterocycles. The van der Waals surface area contributed by atoms with Crippen LogP contribution in [0.25, 0.3) is 0 Å². The molecule has 9 atom stereocenters. The summed E-state index contributed by atoms with van der Waals surface area (Å²) < 4.78 is 17.5. The highest BCUT2D eigenvalue weighted by Crippen LogP contribution is 2.63. The monoisotopic (exact) mass is 461 g/mol. The van der Waals surface area contributed by atoms with E-state index in [0.29, 0.717) is 18.2 Å². The van der Waals surface area contributed by atoms with Gasteiger partial charge in [-0.25, -0.2) is 4.79 Å². The van der Waals surface area contributed by atoms with Gasteiger partial charge in [-0.15, -0.1) is 0 Å². The van der Waals surface area contributed by atoms with Crippen molar-refractivity contribution in [1.82, 2.24) is 4.90 Å². The third-order valence-electron chi connectivity index (χ3n) is 8.43. The molecule has 6 rings (SSSR count). The molecule has 0 aromatic heterocycles. The van der Waals surface area contributed by atoms with E-state index in [2.05, 4.69) is 11.9 Å². The van der Waals surface area contributed by atoms with E-state index in [-0.39, 0.29) is 17.5 Å². The molecule has 2 saturated heterocycles. The highest BCUT2D eigenvalue weighted by molar-refractivity contribution is 5.89. The van der Waals surface area contributed by atoms with Gasteiger partial charge in [0.25, 0.3) is 0 Å². The number of carboxylic acids is 1. The molecule has 0 amide bonds. The molecule has 1 aromatic rings. The fourth-order valence-corrected chi connectivity index (χ4v) is 6.88. The number of aliphatic carboxylic acids is 1. The van der Waals surface area contributed by atoms with Crippen molar-refractivity contribution < 1.29 is 44.2 Å². The number of ether oxygens (including phenoxy) is 3. The summed E-state index contributed by atoms with van der Waals surface area (Å²) in [4.78, 5) is 26.8. The summed E-state index contributed by atoms with van der Waals surface area (Å²) in [6, 6.07) is 3.93. The van der Waals surface area contributed by atoms with E-state index < -0.39 is 48.2 Å². The number of aliphatic hydroxyl groups is 3. The van der Waals surface area contributed by atoms with E-state index >= 15 is 0 Å². The van der Waals surface area contributed by atoms with Crippen molar-refractivity contribution in [3.8, 4) is 11.5 Å². The van der Waals surface area contributed by atoms with Crippen LogP contribution >= 0.6 is 0 Å². The number of nitrogens with zero attached hydrogens (tertiary/aromatic N) is 1. The molecule has 5 aliphatic rings. The van der Waals surface area contributed by atoms with Crippen LogP contribution in [0.5, 0.6) is 11.5 Å². The number of carboxylic acid groups (broad SMARTS) is 1. The van der Waals surface area contributed by atoms with Gasteiger partial charge in [0.2, 0.25) is 6.29 Å². The second kappa shape index (κ2) is 7.13. The molecule has 1 aromatic carbocycles. The predicted octanol–water partition coefficient (Wildman–Crippen LogP) is -0.804. The summed E-state index contributed by atoms with van der Waals surface area (Å²) in [6.45, 7) is 0.854. The van der Waals surface area contributed by atoms with Gasteiger partial charge in [-0.3, -0.25) is 4.79 Å². The smallest absolute Gasteiger partial charge is 0.335 e. The molecule has 0 radical (unpaired) electrons. The topological polar surface area (TPSA) is 146 Å². The minimum absolute atomic E-state index is 0.0722. The van der Waals surface area contributed by atoms with Gasteiger partial charge in [0, 0.05) is 23.4 Å². The van der Waals surface area contributed by atoms with Gasteiger partial charge >= 0.3 is 5.97 Å². The van der Waals surface area contributed by atoms with Gasteiger partial charge in [0.05, 0.1) is 0 Å².